The SMILES string of the molecule is NC(=O)c1cnn2c1C[C@@H](CNCc1ccc(N3CCOCC3)cc1)CC2. The molecule has 7 nitrogen and oxygen atoms in total. The minimum atomic E-state index is -0.384. The maximum Gasteiger partial charge on any atom is 0.252 e. The number of aromatic nitrogens is 2. The van der Waals surface area contributed by atoms with Crippen LogP contribution in [0.4, 0.5) is 5.69 Å². The van der Waals surface area contributed by atoms with E-state index in [2.05, 4.69) is 39.6 Å². The number of aryl methyl sites for hydroxylation is 1. The number of hydrogen-bond donors (Lipinski definition) is 2. The fourth-order valence-electron chi connectivity index (χ4n) is 3.95. The number of nitrogens with one attached hydrogen (secondary N) is 1. The molecule has 7 heteroatoms. The average molecular weight is 369 g/mol. The molecular weight excluding hydrogens is 342 g/mol. The zero-order valence-corrected chi connectivity index (χ0v) is 15.6. The fraction of sp³-hybridized carbons (Fsp3) is 0.500. The number of morpholine rings is 1. The third-order valence-electron chi connectivity index (χ3n) is 5.52. The Labute approximate surface area is 159 Å². The highest BCUT2D eigenvalue weighted by molar-refractivity contribution is 5.93. The van der Waals surface area contributed by atoms with Crippen LogP contribution in [-0.2, 0) is 24.2 Å². The molecule has 27 heavy (non-hydrogen) atoms. The van der Waals surface area contributed by atoms with E-state index >= 15 is 0 Å². The molecule has 0 spiro atoms. The lowest BCUT2D eigenvalue weighted by atomic mass is 9.94. The lowest BCUT2D eigenvalue weighted by Gasteiger charge is -2.29. The van der Waals surface area contributed by atoms with Crippen LogP contribution >= 0.6 is 0 Å². The molecule has 0 aliphatic carbocycles. The van der Waals surface area contributed by atoms with E-state index in [1.165, 1.54) is 11.3 Å². The number of amides is 1. The number of carbonyl (C=O) groups excluding carboxylic acids is 1. The van der Waals surface area contributed by atoms with Crippen molar-refractivity contribution in [1.29, 1.82) is 0 Å². The third kappa shape index (κ3) is 4.14. The first-order valence-electron chi connectivity index (χ1n) is 9.67. The van der Waals surface area contributed by atoms with Gasteiger partial charge in [0.2, 0.25) is 0 Å². The van der Waals surface area contributed by atoms with Crippen LogP contribution in [0.15, 0.2) is 30.5 Å². The molecule has 1 aromatic heterocycles. The van der Waals surface area contributed by atoms with Gasteiger partial charge in [0, 0.05) is 31.9 Å². The van der Waals surface area contributed by atoms with E-state index in [0.717, 1.165) is 64.5 Å². The first-order valence-corrected chi connectivity index (χ1v) is 9.67. The van der Waals surface area contributed by atoms with Gasteiger partial charge in [-0.1, -0.05) is 12.1 Å². The van der Waals surface area contributed by atoms with Crippen molar-refractivity contribution in [1.82, 2.24) is 15.1 Å². The number of rotatable bonds is 6. The number of carbonyl (C=O) groups is 1. The summed E-state index contributed by atoms with van der Waals surface area (Å²) in [7, 11) is 0. The molecule has 4 rings (SSSR count). The van der Waals surface area contributed by atoms with Crippen molar-refractivity contribution in [2.24, 2.45) is 11.7 Å². The first-order chi connectivity index (χ1) is 13.2. The van der Waals surface area contributed by atoms with Crippen LogP contribution in [-0.4, -0.2) is 48.5 Å². The van der Waals surface area contributed by atoms with E-state index in [4.69, 9.17) is 10.5 Å². The van der Waals surface area contributed by atoms with Crippen LogP contribution < -0.4 is 16.0 Å². The van der Waals surface area contributed by atoms with E-state index in [0.29, 0.717) is 11.5 Å². The second-order valence-electron chi connectivity index (χ2n) is 7.35. The lowest BCUT2D eigenvalue weighted by molar-refractivity contribution is 0.0998. The first kappa shape index (κ1) is 18.0. The average Bonchev–Trinajstić information content (AvgIpc) is 3.13. The van der Waals surface area contributed by atoms with Crippen molar-refractivity contribution in [3.8, 4) is 0 Å². The lowest BCUT2D eigenvalue weighted by Crippen LogP contribution is -2.36. The van der Waals surface area contributed by atoms with Gasteiger partial charge in [0.15, 0.2) is 0 Å². The van der Waals surface area contributed by atoms with Crippen molar-refractivity contribution in [3.63, 3.8) is 0 Å². The molecule has 144 valence electrons. The van der Waals surface area contributed by atoms with E-state index in [9.17, 15) is 4.79 Å². The summed E-state index contributed by atoms with van der Waals surface area (Å²) in [5.41, 5.74) is 9.55. The highest BCUT2D eigenvalue weighted by Gasteiger charge is 2.24. The standard InChI is InChI=1S/C20H27N5O2/c21-20(26)18-14-23-25-6-5-16(11-19(18)25)13-22-12-15-1-3-17(4-2-15)24-7-9-27-10-8-24/h1-4,14,16,22H,5-13H2,(H2,21,26)/t16-/m0/s1. The summed E-state index contributed by atoms with van der Waals surface area (Å²) in [5.74, 6) is 0.116. The van der Waals surface area contributed by atoms with Gasteiger partial charge >= 0.3 is 0 Å². The zero-order chi connectivity index (χ0) is 18.6. The van der Waals surface area contributed by atoms with Gasteiger partial charge in [0.05, 0.1) is 30.7 Å². The van der Waals surface area contributed by atoms with Crippen LogP contribution in [0, 0.1) is 5.92 Å². The second kappa shape index (κ2) is 8.10. The van der Waals surface area contributed by atoms with Crippen molar-refractivity contribution in [2.75, 3.05) is 37.7 Å². The summed E-state index contributed by atoms with van der Waals surface area (Å²) in [6, 6.07) is 8.78. The third-order valence-corrected chi connectivity index (χ3v) is 5.52. The van der Waals surface area contributed by atoms with Crippen LogP contribution in [0.2, 0.25) is 0 Å². The van der Waals surface area contributed by atoms with E-state index < -0.39 is 0 Å². The van der Waals surface area contributed by atoms with Gasteiger partial charge < -0.3 is 20.7 Å². The monoisotopic (exact) mass is 369 g/mol. The number of nitrogens with zero attached hydrogens (tertiary/aromatic N) is 3. The van der Waals surface area contributed by atoms with Crippen LogP contribution in [0.1, 0.15) is 28.0 Å². The molecule has 0 saturated carbocycles. The van der Waals surface area contributed by atoms with Gasteiger partial charge in [0.25, 0.3) is 5.91 Å². The van der Waals surface area contributed by atoms with Crippen LogP contribution in [0.5, 0.6) is 0 Å². The predicted molar refractivity (Wildman–Crippen MR) is 104 cm³/mol. The summed E-state index contributed by atoms with van der Waals surface area (Å²) in [6.45, 7) is 6.16. The molecule has 1 saturated heterocycles. The Hall–Kier alpha value is -2.38. The minimum Gasteiger partial charge on any atom is -0.378 e. The molecule has 2 aliphatic rings. The minimum absolute atomic E-state index is 0.384. The Morgan fingerprint density at radius 2 is 2.00 bits per heavy atom. The number of nitrogens with two attached hydrogens (primary N) is 1. The Morgan fingerprint density at radius 1 is 1.22 bits per heavy atom. The van der Waals surface area contributed by atoms with Gasteiger partial charge in [-0.2, -0.15) is 5.10 Å². The largest absolute Gasteiger partial charge is 0.378 e. The van der Waals surface area contributed by atoms with Crippen LogP contribution in [0.25, 0.3) is 0 Å². The van der Waals surface area contributed by atoms with Gasteiger partial charge in [-0.25, -0.2) is 0 Å². The van der Waals surface area contributed by atoms with Gasteiger partial charge in [-0.15, -0.1) is 0 Å². The Morgan fingerprint density at radius 3 is 2.74 bits per heavy atom. The molecule has 3 N–H and O–H groups in total. The molecule has 1 atom stereocenters. The fourth-order valence-corrected chi connectivity index (χ4v) is 3.95. The number of hydrogen-bond acceptors (Lipinski definition) is 5. The van der Waals surface area contributed by atoms with E-state index in [-0.39, 0.29) is 5.91 Å². The molecular formula is C20H27N5O2. The van der Waals surface area contributed by atoms with Gasteiger partial charge in [-0.05, 0) is 43.0 Å². The highest BCUT2D eigenvalue weighted by Crippen LogP contribution is 2.22. The quantitative estimate of drug-likeness (QED) is 0.798. The molecule has 1 amide bonds. The summed E-state index contributed by atoms with van der Waals surface area (Å²) in [5, 5.41) is 7.83. The second-order valence-corrected chi connectivity index (χ2v) is 7.35. The summed E-state index contributed by atoms with van der Waals surface area (Å²) < 4.78 is 7.33. The summed E-state index contributed by atoms with van der Waals surface area (Å²) >= 11 is 0. The molecule has 3 heterocycles. The number of fused-ring (bicyclic) bond motifs is 1. The van der Waals surface area contributed by atoms with Gasteiger partial charge in [-0.3, -0.25) is 9.48 Å². The van der Waals surface area contributed by atoms with Crippen LogP contribution in [0.3, 0.4) is 0 Å². The molecule has 2 aliphatic heterocycles. The molecule has 1 fully saturated rings. The van der Waals surface area contributed by atoms with Crippen molar-refractivity contribution >= 4 is 11.6 Å². The van der Waals surface area contributed by atoms with Crippen molar-refractivity contribution in [3.05, 3.63) is 47.3 Å². The number of primary amides is 1. The maximum atomic E-state index is 11.5. The Bertz CT molecular complexity index is 780. The van der Waals surface area contributed by atoms with E-state index in [1.54, 1.807) is 6.20 Å². The molecule has 0 radical (unpaired) electrons. The van der Waals surface area contributed by atoms with Crippen molar-refractivity contribution < 1.29 is 9.53 Å². The molecule has 0 bridgehead atoms. The normalized spacial score (nSPS) is 19.7. The zero-order valence-electron chi connectivity index (χ0n) is 15.6. The van der Waals surface area contributed by atoms with E-state index in [1.807, 2.05) is 4.68 Å². The van der Waals surface area contributed by atoms with Gasteiger partial charge in [0.1, 0.15) is 0 Å². The predicted octanol–water partition coefficient (Wildman–Crippen LogP) is 1.17. The van der Waals surface area contributed by atoms with Crippen molar-refractivity contribution in [2.45, 2.75) is 25.9 Å². The Balaban J connectivity index is 1.27. The Kier molecular flexibility index (Phi) is 5.40. The number of benzene rings is 1. The number of anilines is 1. The maximum absolute atomic E-state index is 11.5. The topological polar surface area (TPSA) is 85.4 Å². The smallest absolute Gasteiger partial charge is 0.252 e. The highest BCUT2D eigenvalue weighted by atomic mass is 16.5. The molecule has 0 unspecified atom stereocenters. The number of ether oxygens (including phenoxy) is 1. The molecule has 1 aromatic carbocycles. The molecule has 2 aromatic rings. The summed E-state index contributed by atoms with van der Waals surface area (Å²) in [6.07, 6.45) is 3.51. The summed E-state index contributed by atoms with van der Waals surface area (Å²) in [4.78, 5) is 13.9.